The Morgan fingerprint density at radius 3 is 2.45 bits per heavy atom. The predicted octanol–water partition coefficient (Wildman–Crippen LogP) is 2.95. The number of benzene rings is 1. The molecule has 0 spiro atoms. The standard InChI is InChI=1S/C13H11F3N2O2/c1-7-8(2)12(19)18-17-11(7)9-5-3-4-6-10(9)20-13(14,15)16/h3-6H,1-2H3,(H,18,19). The number of hydrogen-bond donors (Lipinski definition) is 1. The van der Waals surface area contributed by atoms with Crippen LogP contribution in [0.1, 0.15) is 11.1 Å². The molecule has 0 fully saturated rings. The first-order valence-electron chi connectivity index (χ1n) is 5.70. The Kier molecular flexibility index (Phi) is 3.52. The van der Waals surface area contributed by atoms with E-state index < -0.39 is 6.36 Å². The van der Waals surface area contributed by atoms with Gasteiger partial charge in [-0.1, -0.05) is 12.1 Å². The molecule has 0 aliphatic heterocycles. The minimum absolute atomic E-state index is 0.168. The van der Waals surface area contributed by atoms with Gasteiger partial charge in [0.1, 0.15) is 5.75 Å². The molecular formula is C13H11F3N2O2. The van der Waals surface area contributed by atoms with Gasteiger partial charge in [0.15, 0.2) is 0 Å². The molecular weight excluding hydrogens is 273 g/mol. The van der Waals surface area contributed by atoms with Crippen molar-refractivity contribution in [1.29, 1.82) is 0 Å². The molecule has 0 unspecified atom stereocenters. The monoisotopic (exact) mass is 284 g/mol. The Bertz CT molecular complexity index is 693. The van der Waals surface area contributed by atoms with Gasteiger partial charge in [0.25, 0.3) is 5.56 Å². The van der Waals surface area contributed by atoms with Gasteiger partial charge in [0, 0.05) is 11.1 Å². The van der Waals surface area contributed by atoms with E-state index in [1.54, 1.807) is 19.9 Å². The maximum absolute atomic E-state index is 12.4. The van der Waals surface area contributed by atoms with Crippen LogP contribution < -0.4 is 10.3 Å². The van der Waals surface area contributed by atoms with Crippen LogP contribution in [0.15, 0.2) is 29.1 Å². The Morgan fingerprint density at radius 2 is 1.80 bits per heavy atom. The van der Waals surface area contributed by atoms with Crippen molar-refractivity contribution in [2.45, 2.75) is 20.2 Å². The summed E-state index contributed by atoms with van der Waals surface area (Å²) in [7, 11) is 0. The zero-order valence-electron chi connectivity index (χ0n) is 10.7. The molecule has 0 saturated carbocycles. The molecule has 0 atom stereocenters. The third-order valence-corrected chi connectivity index (χ3v) is 2.90. The average Bonchev–Trinajstić information content (AvgIpc) is 2.36. The zero-order valence-corrected chi connectivity index (χ0v) is 10.7. The van der Waals surface area contributed by atoms with Gasteiger partial charge in [-0.3, -0.25) is 4.79 Å². The molecule has 0 radical (unpaired) electrons. The number of H-pyrrole nitrogens is 1. The van der Waals surface area contributed by atoms with Crippen molar-refractivity contribution in [2.24, 2.45) is 0 Å². The molecule has 0 aliphatic carbocycles. The first-order valence-corrected chi connectivity index (χ1v) is 5.70. The lowest BCUT2D eigenvalue weighted by Gasteiger charge is -2.14. The van der Waals surface area contributed by atoms with Crippen LogP contribution in [-0.2, 0) is 0 Å². The van der Waals surface area contributed by atoms with Crippen LogP contribution in [0.2, 0.25) is 0 Å². The van der Waals surface area contributed by atoms with Gasteiger partial charge in [-0.2, -0.15) is 5.10 Å². The molecule has 1 aromatic heterocycles. The summed E-state index contributed by atoms with van der Waals surface area (Å²) in [6, 6.07) is 5.65. The summed E-state index contributed by atoms with van der Waals surface area (Å²) in [4.78, 5) is 11.4. The molecule has 4 nitrogen and oxygen atoms in total. The molecule has 0 bridgehead atoms. The number of alkyl halides is 3. The van der Waals surface area contributed by atoms with Crippen LogP contribution in [-0.4, -0.2) is 16.6 Å². The number of nitrogens with one attached hydrogen (secondary N) is 1. The highest BCUT2D eigenvalue weighted by molar-refractivity contribution is 5.70. The molecule has 1 N–H and O–H groups in total. The fraction of sp³-hybridized carbons (Fsp3) is 0.231. The minimum atomic E-state index is -4.79. The molecule has 0 aliphatic rings. The van der Waals surface area contributed by atoms with Crippen LogP contribution in [0.3, 0.4) is 0 Å². The van der Waals surface area contributed by atoms with Crippen LogP contribution >= 0.6 is 0 Å². The SMILES string of the molecule is Cc1c(-c2ccccc2OC(F)(F)F)n[nH]c(=O)c1C. The van der Waals surface area contributed by atoms with E-state index in [4.69, 9.17) is 0 Å². The second kappa shape index (κ2) is 4.99. The topological polar surface area (TPSA) is 55.0 Å². The van der Waals surface area contributed by atoms with Gasteiger partial charge in [-0.25, -0.2) is 5.10 Å². The van der Waals surface area contributed by atoms with E-state index in [-0.39, 0.29) is 22.6 Å². The number of rotatable bonds is 2. The van der Waals surface area contributed by atoms with Gasteiger partial charge < -0.3 is 4.74 Å². The molecule has 0 amide bonds. The van der Waals surface area contributed by atoms with Crippen LogP contribution in [0, 0.1) is 13.8 Å². The Morgan fingerprint density at radius 1 is 1.15 bits per heavy atom. The van der Waals surface area contributed by atoms with Crippen LogP contribution in [0.25, 0.3) is 11.3 Å². The highest BCUT2D eigenvalue weighted by Gasteiger charge is 2.32. The minimum Gasteiger partial charge on any atom is -0.405 e. The number of ether oxygens (including phenoxy) is 1. The van der Waals surface area contributed by atoms with E-state index >= 15 is 0 Å². The van der Waals surface area contributed by atoms with Crippen molar-refractivity contribution in [1.82, 2.24) is 10.2 Å². The molecule has 2 rings (SSSR count). The Labute approximate surface area is 112 Å². The van der Waals surface area contributed by atoms with Crippen molar-refractivity contribution in [3.63, 3.8) is 0 Å². The molecule has 7 heteroatoms. The largest absolute Gasteiger partial charge is 0.573 e. The lowest BCUT2D eigenvalue weighted by molar-refractivity contribution is -0.274. The van der Waals surface area contributed by atoms with E-state index in [0.717, 1.165) is 0 Å². The van der Waals surface area contributed by atoms with Crippen molar-refractivity contribution >= 4 is 0 Å². The van der Waals surface area contributed by atoms with Crippen LogP contribution in [0.5, 0.6) is 5.75 Å². The first-order chi connectivity index (χ1) is 9.29. The van der Waals surface area contributed by atoms with E-state index in [0.29, 0.717) is 11.1 Å². The number of aromatic nitrogens is 2. The molecule has 0 saturated heterocycles. The van der Waals surface area contributed by atoms with Gasteiger partial charge in [0.2, 0.25) is 0 Å². The molecule has 2 aromatic rings. The lowest BCUT2D eigenvalue weighted by atomic mass is 10.0. The quantitative estimate of drug-likeness (QED) is 0.922. The summed E-state index contributed by atoms with van der Waals surface area (Å²) < 4.78 is 41.1. The maximum Gasteiger partial charge on any atom is 0.573 e. The number of hydrogen-bond acceptors (Lipinski definition) is 3. The average molecular weight is 284 g/mol. The summed E-state index contributed by atoms with van der Waals surface area (Å²) in [5.74, 6) is -0.359. The van der Waals surface area contributed by atoms with Crippen molar-refractivity contribution < 1.29 is 17.9 Å². The summed E-state index contributed by atoms with van der Waals surface area (Å²) in [6.45, 7) is 3.20. The summed E-state index contributed by atoms with van der Waals surface area (Å²) >= 11 is 0. The van der Waals surface area contributed by atoms with E-state index in [1.165, 1.54) is 18.2 Å². The molecule has 1 heterocycles. The second-order valence-electron chi connectivity index (χ2n) is 4.20. The normalized spacial score (nSPS) is 11.4. The van der Waals surface area contributed by atoms with E-state index in [9.17, 15) is 18.0 Å². The maximum atomic E-state index is 12.4. The third kappa shape index (κ3) is 2.81. The number of nitrogens with zero attached hydrogens (tertiary/aromatic N) is 1. The Balaban J connectivity index is 2.59. The summed E-state index contributed by atoms with van der Waals surface area (Å²) in [6.07, 6.45) is -4.79. The Hall–Kier alpha value is -2.31. The number of aromatic amines is 1. The highest BCUT2D eigenvalue weighted by Crippen LogP contribution is 2.33. The van der Waals surface area contributed by atoms with Crippen molar-refractivity contribution in [2.75, 3.05) is 0 Å². The summed E-state index contributed by atoms with van der Waals surface area (Å²) in [5.41, 5.74) is 0.952. The smallest absolute Gasteiger partial charge is 0.405 e. The highest BCUT2D eigenvalue weighted by atomic mass is 19.4. The number of halogens is 3. The number of para-hydroxylation sites is 1. The lowest BCUT2D eigenvalue weighted by Crippen LogP contribution is -2.18. The third-order valence-electron chi connectivity index (χ3n) is 2.90. The first kappa shape index (κ1) is 14.1. The molecule has 1 aromatic carbocycles. The zero-order chi connectivity index (χ0) is 14.9. The van der Waals surface area contributed by atoms with E-state index in [2.05, 4.69) is 14.9 Å². The fourth-order valence-electron chi connectivity index (χ4n) is 1.76. The van der Waals surface area contributed by atoms with Gasteiger partial charge in [0.05, 0.1) is 5.69 Å². The predicted molar refractivity (Wildman–Crippen MR) is 66.5 cm³/mol. The van der Waals surface area contributed by atoms with E-state index in [1.807, 2.05) is 0 Å². The fourth-order valence-corrected chi connectivity index (χ4v) is 1.76. The van der Waals surface area contributed by atoms with Gasteiger partial charge >= 0.3 is 6.36 Å². The summed E-state index contributed by atoms with van der Waals surface area (Å²) in [5, 5.41) is 6.07. The van der Waals surface area contributed by atoms with Gasteiger partial charge in [-0.05, 0) is 31.5 Å². The van der Waals surface area contributed by atoms with Crippen LogP contribution in [0.4, 0.5) is 13.2 Å². The van der Waals surface area contributed by atoms with Crippen molar-refractivity contribution in [3.05, 3.63) is 45.7 Å². The molecule has 20 heavy (non-hydrogen) atoms. The van der Waals surface area contributed by atoms with Crippen molar-refractivity contribution in [3.8, 4) is 17.0 Å². The van der Waals surface area contributed by atoms with Gasteiger partial charge in [-0.15, -0.1) is 13.2 Å². The second-order valence-corrected chi connectivity index (χ2v) is 4.20. The molecule has 106 valence electrons.